The van der Waals surface area contributed by atoms with Crippen LogP contribution in [-0.4, -0.2) is 38.6 Å². The van der Waals surface area contributed by atoms with Crippen molar-refractivity contribution in [1.29, 1.82) is 0 Å². The minimum Gasteiger partial charge on any atom is -0.362 e. The Kier molecular flexibility index (Phi) is 4.44. The number of rotatable bonds is 3. The molecule has 0 fully saturated rings. The maximum Gasteiger partial charge on any atom is 0.438 e. The molecule has 3 rings (SSSR count). The third-order valence-electron chi connectivity index (χ3n) is 4.04. The molecule has 2 aromatic rings. The van der Waals surface area contributed by atoms with Crippen molar-refractivity contribution in [2.45, 2.75) is 18.3 Å². The Morgan fingerprint density at radius 3 is 2.44 bits per heavy atom. The molecule has 1 N–H and O–H groups in total. The van der Waals surface area contributed by atoms with E-state index < -0.39 is 40.4 Å². The summed E-state index contributed by atoms with van der Waals surface area (Å²) in [5.74, 6) is -1.30. The van der Waals surface area contributed by atoms with Gasteiger partial charge in [0.25, 0.3) is 17.3 Å². The van der Waals surface area contributed by atoms with Crippen LogP contribution in [0.5, 0.6) is 0 Å². The molecule has 7 nitrogen and oxygen atoms in total. The molecule has 0 radical (unpaired) electrons. The van der Waals surface area contributed by atoms with Gasteiger partial charge in [0.05, 0.1) is 17.1 Å². The molecule has 2 aromatic carbocycles. The van der Waals surface area contributed by atoms with Crippen LogP contribution in [0, 0.1) is 10.1 Å². The second-order valence-electron chi connectivity index (χ2n) is 5.83. The van der Waals surface area contributed by atoms with E-state index in [2.05, 4.69) is 5.10 Å². The van der Waals surface area contributed by atoms with Crippen LogP contribution in [0.3, 0.4) is 0 Å². The number of alkyl halides is 3. The van der Waals surface area contributed by atoms with Crippen LogP contribution >= 0.6 is 0 Å². The smallest absolute Gasteiger partial charge is 0.362 e. The van der Waals surface area contributed by atoms with E-state index in [1.54, 1.807) is 18.2 Å². The number of nitrogens with zero attached hydrogens (tertiary/aromatic N) is 3. The van der Waals surface area contributed by atoms with Crippen molar-refractivity contribution in [3.63, 3.8) is 0 Å². The fourth-order valence-corrected chi connectivity index (χ4v) is 2.65. The number of non-ortho nitro benzene ring substituents is 1. The van der Waals surface area contributed by atoms with Gasteiger partial charge in [-0.15, -0.1) is 0 Å². The Morgan fingerprint density at radius 1 is 1.19 bits per heavy atom. The highest BCUT2D eigenvalue weighted by Crippen LogP contribution is 2.42. The van der Waals surface area contributed by atoms with Crippen molar-refractivity contribution in [3.05, 3.63) is 75.8 Å². The molecule has 10 heteroatoms. The zero-order chi connectivity index (χ0) is 19.8. The van der Waals surface area contributed by atoms with E-state index in [0.717, 1.165) is 24.3 Å². The Bertz CT molecular complexity index is 931. The van der Waals surface area contributed by atoms with Gasteiger partial charge in [0.1, 0.15) is 0 Å². The fraction of sp³-hybridized carbons (Fsp3) is 0.176. The first-order valence-corrected chi connectivity index (χ1v) is 7.64. The van der Waals surface area contributed by atoms with Crippen molar-refractivity contribution in [3.8, 4) is 0 Å². The zero-order valence-electron chi connectivity index (χ0n) is 13.6. The predicted molar refractivity (Wildman–Crippen MR) is 87.9 cm³/mol. The van der Waals surface area contributed by atoms with Crippen LogP contribution in [0.4, 0.5) is 18.9 Å². The monoisotopic (exact) mass is 379 g/mol. The summed E-state index contributed by atoms with van der Waals surface area (Å²) in [6, 6.07) is 12.0. The number of benzene rings is 2. The second kappa shape index (κ2) is 6.47. The van der Waals surface area contributed by atoms with Gasteiger partial charge >= 0.3 is 6.18 Å². The van der Waals surface area contributed by atoms with Crippen LogP contribution in [0.15, 0.2) is 59.7 Å². The summed E-state index contributed by atoms with van der Waals surface area (Å²) in [6.45, 7) is 0. The molecule has 1 amide bonds. The molecule has 0 saturated heterocycles. The number of carbonyl (C=O) groups is 1. The summed E-state index contributed by atoms with van der Waals surface area (Å²) in [5, 5.41) is 24.7. The van der Waals surface area contributed by atoms with Gasteiger partial charge in [0.15, 0.2) is 0 Å². The highest BCUT2D eigenvalue weighted by atomic mass is 19.4. The molecule has 27 heavy (non-hydrogen) atoms. The van der Waals surface area contributed by atoms with Crippen molar-refractivity contribution < 1.29 is 28.0 Å². The molecule has 1 atom stereocenters. The fourth-order valence-electron chi connectivity index (χ4n) is 2.65. The van der Waals surface area contributed by atoms with Crippen molar-refractivity contribution in [2.75, 3.05) is 0 Å². The number of halogens is 3. The van der Waals surface area contributed by atoms with Crippen molar-refractivity contribution in [1.82, 2.24) is 5.01 Å². The topological polar surface area (TPSA) is 96.0 Å². The SMILES string of the molecule is O=C(c1cccc([N+](=O)[O-])c1)N1N=C(c2ccccc2)C[C@@]1(O)C(F)(F)F. The third-order valence-corrected chi connectivity index (χ3v) is 4.04. The van der Waals surface area contributed by atoms with Gasteiger partial charge in [-0.05, 0) is 11.6 Å². The predicted octanol–water partition coefficient (Wildman–Crippen LogP) is 3.10. The molecule has 1 aliphatic heterocycles. The lowest BCUT2D eigenvalue weighted by molar-refractivity contribution is -0.384. The van der Waals surface area contributed by atoms with Crippen LogP contribution < -0.4 is 0 Å². The maximum absolute atomic E-state index is 13.5. The van der Waals surface area contributed by atoms with Crippen molar-refractivity contribution in [2.24, 2.45) is 5.10 Å². The Hall–Kier alpha value is -3.27. The molecule has 0 bridgehead atoms. The quantitative estimate of drug-likeness (QED) is 0.655. The number of carbonyl (C=O) groups excluding carboxylic acids is 1. The summed E-state index contributed by atoms with van der Waals surface area (Å²) in [7, 11) is 0. The Labute approximate surface area is 150 Å². The molecule has 1 heterocycles. The molecular weight excluding hydrogens is 367 g/mol. The molecule has 0 aliphatic carbocycles. The maximum atomic E-state index is 13.5. The summed E-state index contributed by atoms with van der Waals surface area (Å²) in [4.78, 5) is 22.7. The van der Waals surface area contributed by atoms with Crippen LogP contribution in [0.1, 0.15) is 22.3 Å². The molecule has 0 spiro atoms. The highest BCUT2D eigenvalue weighted by Gasteiger charge is 2.63. The van der Waals surface area contributed by atoms with E-state index in [1.807, 2.05) is 0 Å². The van der Waals surface area contributed by atoms with E-state index in [4.69, 9.17) is 0 Å². The van der Waals surface area contributed by atoms with Crippen LogP contribution in [0.2, 0.25) is 0 Å². The van der Waals surface area contributed by atoms with Gasteiger partial charge in [-0.1, -0.05) is 36.4 Å². The average Bonchev–Trinajstić information content (AvgIpc) is 3.01. The van der Waals surface area contributed by atoms with E-state index >= 15 is 0 Å². The lowest BCUT2D eigenvalue weighted by atomic mass is 10.0. The standard InChI is InChI=1S/C17H12F3N3O4/c18-17(19,20)16(25)10-14(11-5-2-1-3-6-11)21-22(16)15(24)12-7-4-8-13(9-12)23(26)27/h1-9,25H,10H2/t16-/m1/s1. The average molecular weight is 379 g/mol. The molecule has 0 aromatic heterocycles. The van der Waals surface area contributed by atoms with Crippen molar-refractivity contribution >= 4 is 17.3 Å². The number of amides is 1. The van der Waals surface area contributed by atoms with Crippen LogP contribution in [0.25, 0.3) is 0 Å². The first-order valence-electron chi connectivity index (χ1n) is 7.64. The summed E-state index contributed by atoms with van der Waals surface area (Å²) >= 11 is 0. The summed E-state index contributed by atoms with van der Waals surface area (Å²) in [6.07, 6.45) is -6.15. The number of aliphatic hydroxyl groups is 1. The lowest BCUT2D eigenvalue weighted by Crippen LogP contribution is -2.56. The van der Waals surface area contributed by atoms with Gasteiger partial charge < -0.3 is 5.11 Å². The minimum absolute atomic E-state index is 0.0611. The number of hydrogen-bond donors (Lipinski definition) is 1. The second-order valence-corrected chi connectivity index (χ2v) is 5.83. The van der Waals surface area contributed by atoms with E-state index in [1.165, 1.54) is 12.1 Å². The van der Waals surface area contributed by atoms with E-state index in [9.17, 15) is 33.2 Å². The van der Waals surface area contributed by atoms with Gasteiger partial charge in [-0.2, -0.15) is 23.3 Å². The Morgan fingerprint density at radius 2 is 1.85 bits per heavy atom. The minimum atomic E-state index is -5.19. The highest BCUT2D eigenvalue weighted by molar-refractivity contribution is 6.05. The molecular formula is C17H12F3N3O4. The first kappa shape index (κ1) is 18.5. The Balaban J connectivity index is 2.06. The summed E-state index contributed by atoms with van der Waals surface area (Å²) < 4.78 is 40.6. The number of nitro groups is 1. The number of hydrazone groups is 1. The van der Waals surface area contributed by atoms with E-state index in [0.29, 0.717) is 5.56 Å². The molecule has 1 aliphatic rings. The number of nitro benzene ring substituents is 1. The van der Waals surface area contributed by atoms with Gasteiger partial charge in [0.2, 0.25) is 0 Å². The lowest BCUT2D eigenvalue weighted by Gasteiger charge is -2.32. The van der Waals surface area contributed by atoms with Gasteiger partial charge in [-0.25, -0.2) is 0 Å². The normalized spacial score (nSPS) is 19.7. The molecule has 0 saturated carbocycles. The van der Waals surface area contributed by atoms with E-state index in [-0.39, 0.29) is 10.7 Å². The van der Waals surface area contributed by atoms with Gasteiger partial charge in [-0.3, -0.25) is 14.9 Å². The largest absolute Gasteiger partial charge is 0.438 e. The van der Waals surface area contributed by atoms with Crippen LogP contribution in [-0.2, 0) is 0 Å². The number of hydrogen-bond acceptors (Lipinski definition) is 5. The molecule has 140 valence electrons. The molecule has 0 unspecified atom stereocenters. The zero-order valence-corrected chi connectivity index (χ0v) is 13.6. The van der Waals surface area contributed by atoms with Gasteiger partial charge in [0, 0.05) is 17.7 Å². The summed E-state index contributed by atoms with van der Waals surface area (Å²) in [5.41, 5.74) is -4.24. The third kappa shape index (κ3) is 3.26. The first-order chi connectivity index (χ1) is 12.6.